The van der Waals surface area contributed by atoms with Crippen LogP contribution in [-0.2, 0) is 4.79 Å². The van der Waals surface area contributed by atoms with Crippen LogP contribution in [0.4, 0.5) is 0 Å². The minimum atomic E-state index is 0.0581. The van der Waals surface area contributed by atoms with Gasteiger partial charge in [-0.15, -0.1) is 6.58 Å². The van der Waals surface area contributed by atoms with Crippen LogP contribution in [0.3, 0.4) is 0 Å². The molecule has 0 saturated carbocycles. The van der Waals surface area contributed by atoms with E-state index in [1.54, 1.807) is 0 Å². The van der Waals surface area contributed by atoms with Crippen LogP contribution < -0.4 is 0 Å². The predicted molar refractivity (Wildman–Crippen MR) is 64.6 cm³/mol. The first-order valence-corrected chi connectivity index (χ1v) is 5.57. The van der Waals surface area contributed by atoms with E-state index in [1.807, 2.05) is 12.2 Å². The van der Waals surface area contributed by atoms with E-state index in [4.69, 9.17) is 0 Å². The van der Waals surface area contributed by atoms with Gasteiger partial charge in [-0.1, -0.05) is 36.8 Å². The van der Waals surface area contributed by atoms with Gasteiger partial charge in [-0.05, 0) is 25.7 Å². The van der Waals surface area contributed by atoms with Crippen LogP contribution in [0.25, 0.3) is 0 Å². The van der Waals surface area contributed by atoms with Crippen molar-refractivity contribution in [2.24, 2.45) is 11.3 Å². The van der Waals surface area contributed by atoms with Crippen molar-refractivity contribution in [2.45, 2.75) is 33.1 Å². The van der Waals surface area contributed by atoms with Crippen molar-refractivity contribution in [1.29, 1.82) is 0 Å². The van der Waals surface area contributed by atoms with Crippen LogP contribution in [0.5, 0.6) is 0 Å². The lowest BCUT2D eigenvalue weighted by Gasteiger charge is -2.36. The molecule has 0 spiro atoms. The number of hydrogen-bond donors (Lipinski definition) is 0. The molecule has 0 radical (unpaired) electrons. The summed E-state index contributed by atoms with van der Waals surface area (Å²) < 4.78 is 0. The van der Waals surface area contributed by atoms with Crippen LogP contribution in [0.15, 0.2) is 36.5 Å². The molecule has 0 aliphatic heterocycles. The molecule has 1 heteroatoms. The van der Waals surface area contributed by atoms with Crippen LogP contribution in [0.1, 0.15) is 33.1 Å². The summed E-state index contributed by atoms with van der Waals surface area (Å²) in [6.45, 7) is 8.34. The SMILES string of the molecule is C=CC1(C=CCC=O)CCC(C)=CC1C. The zero-order valence-electron chi connectivity index (χ0n) is 9.70. The van der Waals surface area contributed by atoms with Crippen molar-refractivity contribution in [3.63, 3.8) is 0 Å². The number of allylic oxidation sites excluding steroid dienone is 5. The molecule has 0 aromatic carbocycles. The third-order valence-corrected chi connectivity index (χ3v) is 3.38. The molecule has 0 saturated heterocycles. The molecule has 0 aromatic rings. The smallest absolute Gasteiger partial charge is 0.123 e. The molecule has 82 valence electrons. The van der Waals surface area contributed by atoms with Gasteiger partial charge in [0.15, 0.2) is 0 Å². The lowest BCUT2D eigenvalue weighted by Crippen LogP contribution is -2.26. The Hall–Kier alpha value is -1.11. The lowest BCUT2D eigenvalue weighted by molar-refractivity contribution is -0.107. The Balaban J connectivity index is 2.85. The molecule has 1 aliphatic rings. The first-order valence-electron chi connectivity index (χ1n) is 5.57. The van der Waals surface area contributed by atoms with E-state index in [1.165, 1.54) is 5.57 Å². The van der Waals surface area contributed by atoms with E-state index < -0.39 is 0 Å². The average molecular weight is 204 g/mol. The molecular formula is C14H20O. The maximum atomic E-state index is 10.3. The Morgan fingerprint density at radius 1 is 1.67 bits per heavy atom. The fourth-order valence-electron chi connectivity index (χ4n) is 2.24. The number of carbonyl (C=O) groups is 1. The lowest BCUT2D eigenvalue weighted by atomic mass is 9.68. The molecule has 2 unspecified atom stereocenters. The van der Waals surface area contributed by atoms with Crippen molar-refractivity contribution < 1.29 is 4.79 Å². The number of carbonyl (C=O) groups excluding carboxylic acids is 1. The molecule has 2 atom stereocenters. The molecule has 0 bridgehead atoms. The molecule has 0 amide bonds. The van der Waals surface area contributed by atoms with Crippen LogP contribution in [0, 0.1) is 11.3 Å². The van der Waals surface area contributed by atoms with E-state index in [0.29, 0.717) is 12.3 Å². The van der Waals surface area contributed by atoms with Gasteiger partial charge in [0.1, 0.15) is 6.29 Å². The standard InChI is InChI=1S/C14H20O/c1-4-14(8-5-6-10-15)9-7-12(2)11-13(14)3/h4-5,8,10-11,13H,1,6-7,9H2,2-3H3. The van der Waals surface area contributed by atoms with Gasteiger partial charge in [0, 0.05) is 11.8 Å². The quantitative estimate of drug-likeness (QED) is 0.504. The fourth-order valence-corrected chi connectivity index (χ4v) is 2.24. The first-order chi connectivity index (χ1) is 7.14. The molecule has 1 nitrogen and oxygen atoms in total. The zero-order valence-corrected chi connectivity index (χ0v) is 9.70. The normalized spacial score (nSPS) is 31.3. The summed E-state index contributed by atoms with van der Waals surface area (Å²) in [5.41, 5.74) is 1.52. The Morgan fingerprint density at radius 2 is 2.40 bits per heavy atom. The topological polar surface area (TPSA) is 17.1 Å². The summed E-state index contributed by atoms with van der Waals surface area (Å²) in [5, 5.41) is 0. The van der Waals surface area contributed by atoms with Crippen LogP contribution >= 0.6 is 0 Å². The van der Waals surface area contributed by atoms with E-state index in [0.717, 1.165) is 19.1 Å². The molecule has 15 heavy (non-hydrogen) atoms. The number of hydrogen-bond acceptors (Lipinski definition) is 1. The fraction of sp³-hybridized carbons (Fsp3) is 0.500. The molecule has 1 aliphatic carbocycles. The second kappa shape index (κ2) is 5.11. The summed E-state index contributed by atoms with van der Waals surface area (Å²) in [4.78, 5) is 10.3. The Labute approximate surface area is 92.6 Å². The van der Waals surface area contributed by atoms with Crippen molar-refractivity contribution in [1.82, 2.24) is 0 Å². The van der Waals surface area contributed by atoms with Gasteiger partial charge < -0.3 is 4.79 Å². The van der Waals surface area contributed by atoms with E-state index in [-0.39, 0.29) is 5.41 Å². The summed E-state index contributed by atoms with van der Waals surface area (Å²) in [6, 6.07) is 0. The average Bonchev–Trinajstić information content (AvgIpc) is 2.22. The predicted octanol–water partition coefficient (Wildman–Crippen LogP) is 3.68. The Kier molecular flexibility index (Phi) is 4.07. The first kappa shape index (κ1) is 12.0. The van der Waals surface area contributed by atoms with Crippen molar-refractivity contribution in [3.05, 3.63) is 36.5 Å². The maximum Gasteiger partial charge on any atom is 0.123 e. The van der Waals surface area contributed by atoms with E-state index in [2.05, 4.69) is 32.6 Å². The third-order valence-electron chi connectivity index (χ3n) is 3.38. The van der Waals surface area contributed by atoms with Gasteiger partial charge in [-0.3, -0.25) is 0 Å². The van der Waals surface area contributed by atoms with Gasteiger partial charge in [0.25, 0.3) is 0 Å². The molecule has 0 N–H and O–H groups in total. The highest BCUT2D eigenvalue weighted by molar-refractivity contribution is 5.52. The molecular weight excluding hydrogens is 184 g/mol. The number of rotatable bonds is 4. The molecule has 1 rings (SSSR count). The van der Waals surface area contributed by atoms with Gasteiger partial charge >= 0.3 is 0 Å². The van der Waals surface area contributed by atoms with Gasteiger partial charge in [-0.2, -0.15) is 0 Å². The highest BCUT2D eigenvalue weighted by Gasteiger charge is 2.31. The van der Waals surface area contributed by atoms with Crippen molar-refractivity contribution in [3.8, 4) is 0 Å². The third kappa shape index (κ3) is 2.68. The summed E-state index contributed by atoms with van der Waals surface area (Å²) in [6.07, 6.45) is 12.1. The molecule has 0 aromatic heterocycles. The minimum absolute atomic E-state index is 0.0581. The largest absolute Gasteiger partial charge is 0.303 e. The zero-order chi connectivity index (χ0) is 11.3. The number of aldehydes is 1. The molecule has 0 heterocycles. The Morgan fingerprint density at radius 3 is 2.93 bits per heavy atom. The van der Waals surface area contributed by atoms with E-state index in [9.17, 15) is 4.79 Å². The van der Waals surface area contributed by atoms with Gasteiger partial charge in [0.05, 0.1) is 0 Å². The molecule has 0 fully saturated rings. The van der Waals surface area contributed by atoms with Crippen molar-refractivity contribution in [2.75, 3.05) is 0 Å². The highest BCUT2D eigenvalue weighted by Crippen LogP contribution is 2.42. The van der Waals surface area contributed by atoms with Crippen LogP contribution in [-0.4, -0.2) is 6.29 Å². The Bertz CT molecular complexity index is 298. The van der Waals surface area contributed by atoms with E-state index >= 15 is 0 Å². The second-order valence-electron chi connectivity index (χ2n) is 4.42. The van der Waals surface area contributed by atoms with Crippen molar-refractivity contribution >= 4 is 6.29 Å². The minimum Gasteiger partial charge on any atom is -0.303 e. The maximum absolute atomic E-state index is 10.3. The van der Waals surface area contributed by atoms with Crippen LogP contribution in [0.2, 0.25) is 0 Å². The second-order valence-corrected chi connectivity index (χ2v) is 4.42. The highest BCUT2D eigenvalue weighted by atomic mass is 16.1. The summed E-state index contributed by atoms with van der Waals surface area (Å²) >= 11 is 0. The summed E-state index contributed by atoms with van der Waals surface area (Å²) in [7, 11) is 0. The van der Waals surface area contributed by atoms with Gasteiger partial charge in [-0.25, -0.2) is 0 Å². The summed E-state index contributed by atoms with van der Waals surface area (Å²) in [5.74, 6) is 0.478. The monoisotopic (exact) mass is 204 g/mol. The van der Waals surface area contributed by atoms with Gasteiger partial charge in [0.2, 0.25) is 0 Å².